The SMILES string of the molecule is CC1C=CC=CN1C.N=[N+]=N. The molecule has 0 aromatic heterocycles. The average Bonchev–Trinajstić information content (AvgIpc) is 1.97. The van der Waals surface area contributed by atoms with Crippen molar-refractivity contribution >= 4 is 0 Å². The van der Waals surface area contributed by atoms with Gasteiger partial charge in [-0.1, -0.05) is 12.2 Å². The number of likely N-dealkylation sites (N-methyl/N-ethyl adjacent to an activating group) is 1. The molecular formula is C7H13N4+. The minimum absolute atomic E-state index is 0.569. The van der Waals surface area contributed by atoms with Gasteiger partial charge in [-0.2, -0.15) is 0 Å². The lowest BCUT2D eigenvalue weighted by Gasteiger charge is -2.21. The van der Waals surface area contributed by atoms with Crippen LogP contribution in [0.5, 0.6) is 0 Å². The highest BCUT2D eigenvalue weighted by atomic mass is 15.1. The maximum Gasteiger partial charge on any atom is 0.211 e. The molecule has 0 radical (unpaired) electrons. The summed E-state index contributed by atoms with van der Waals surface area (Å²) >= 11 is 0. The fourth-order valence-electron chi connectivity index (χ4n) is 0.682. The molecule has 0 aliphatic carbocycles. The van der Waals surface area contributed by atoms with Crippen LogP contribution in [0.2, 0.25) is 0 Å². The van der Waals surface area contributed by atoms with Crippen molar-refractivity contribution in [1.29, 1.82) is 11.1 Å². The molecule has 1 unspecified atom stereocenters. The number of allylic oxidation sites excluding steroid dienone is 2. The van der Waals surface area contributed by atoms with Crippen LogP contribution < -0.4 is 4.91 Å². The van der Waals surface area contributed by atoms with Gasteiger partial charge in [0.05, 0.1) is 0 Å². The molecule has 0 fully saturated rings. The summed E-state index contributed by atoms with van der Waals surface area (Å²) in [6, 6.07) is 0.569. The van der Waals surface area contributed by atoms with Gasteiger partial charge in [-0.3, -0.25) is 0 Å². The molecule has 1 aliphatic heterocycles. The van der Waals surface area contributed by atoms with Crippen LogP contribution in [-0.2, 0) is 0 Å². The molecule has 1 atom stereocenters. The summed E-state index contributed by atoms with van der Waals surface area (Å²) in [4.78, 5) is 4.17. The van der Waals surface area contributed by atoms with Gasteiger partial charge in [0.15, 0.2) is 0 Å². The van der Waals surface area contributed by atoms with E-state index in [2.05, 4.69) is 37.2 Å². The molecule has 4 nitrogen and oxygen atoms in total. The van der Waals surface area contributed by atoms with Gasteiger partial charge in [-0.15, -0.1) is 0 Å². The lowest BCUT2D eigenvalue weighted by Crippen LogP contribution is -2.22. The van der Waals surface area contributed by atoms with Crippen molar-refractivity contribution in [3.05, 3.63) is 24.4 Å². The van der Waals surface area contributed by atoms with E-state index in [9.17, 15) is 0 Å². The molecule has 0 bridgehead atoms. The summed E-state index contributed by atoms with van der Waals surface area (Å²) in [5, 5.41) is 0. The molecule has 0 saturated heterocycles. The molecular weight excluding hydrogens is 140 g/mol. The second kappa shape index (κ2) is 5.38. The van der Waals surface area contributed by atoms with E-state index in [1.54, 1.807) is 0 Å². The number of nitrogens with one attached hydrogen (secondary N) is 2. The molecule has 4 heteroatoms. The van der Waals surface area contributed by atoms with Gasteiger partial charge < -0.3 is 4.90 Å². The first kappa shape index (κ1) is 9.59. The minimum Gasteiger partial charge on any atom is -0.374 e. The van der Waals surface area contributed by atoms with Crippen LogP contribution in [0, 0.1) is 11.1 Å². The first-order chi connectivity index (χ1) is 5.22. The van der Waals surface area contributed by atoms with Crippen molar-refractivity contribution in [3.8, 4) is 0 Å². The number of nitrogens with zero attached hydrogens (tertiary/aromatic N) is 2. The van der Waals surface area contributed by atoms with Gasteiger partial charge in [0, 0.05) is 13.1 Å². The maximum atomic E-state index is 5.50. The van der Waals surface area contributed by atoms with Crippen molar-refractivity contribution in [3.63, 3.8) is 0 Å². The Morgan fingerprint density at radius 1 is 1.36 bits per heavy atom. The van der Waals surface area contributed by atoms with E-state index >= 15 is 0 Å². The molecule has 11 heavy (non-hydrogen) atoms. The topological polar surface area (TPSA) is 65.0 Å². The first-order valence-corrected chi connectivity index (χ1v) is 3.32. The average molecular weight is 153 g/mol. The zero-order valence-electron chi connectivity index (χ0n) is 6.78. The Labute approximate surface area is 66.2 Å². The smallest absolute Gasteiger partial charge is 0.211 e. The van der Waals surface area contributed by atoms with Gasteiger partial charge in [-0.05, 0) is 19.2 Å². The highest BCUT2D eigenvalue weighted by Gasteiger charge is 2.00. The second-order valence-corrected chi connectivity index (χ2v) is 2.24. The van der Waals surface area contributed by atoms with Crippen LogP contribution in [-0.4, -0.2) is 18.0 Å². The van der Waals surface area contributed by atoms with Gasteiger partial charge in [0.2, 0.25) is 4.91 Å². The lowest BCUT2D eigenvalue weighted by molar-refractivity contribution is 0.403. The fourth-order valence-corrected chi connectivity index (χ4v) is 0.682. The molecule has 60 valence electrons. The third-order valence-electron chi connectivity index (χ3n) is 1.46. The van der Waals surface area contributed by atoms with E-state index in [0.717, 1.165) is 0 Å². The second-order valence-electron chi connectivity index (χ2n) is 2.24. The lowest BCUT2D eigenvalue weighted by atomic mass is 10.2. The third-order valence-corrected chi connectivity index (χ3v) is 1.46. The molecule has 1 heterocycles. The predicted molar refractivity (Wildman–Crippen MR) is 43.1 cm³/mol. The normalized spacial score (nSPS) is 20.2. The Morgan fingerprint density at radius 3 is 2.18 bits per heavy atom. The Bertz CT molecular complexity index is 173. The summed E-state index contributed by atoms with van der Waals surface area (Å²) in [6.07, 6.45) is 8.36. The summed E-state index contributed by atoms with van der Waals surface area (Å²) < 4.78 is 0. The van der Waals surface area contributed by atoms with Gasteiger partial charge in [0.25, 0.3) is 0 Å². The molecule has 0 aromatic rings. The van der Waals surface area contributed by atoms with Crippen molar-refractivity contribution < 1.29 is 0 Å². The van der Waals surface area contributed by atoms with Crippen LogP contribution in [0.1, 0.15) is 6.92 Å². The Hall–Kier alpha value is -1.41. The van der Waals surface area contributed by atoms with E-state index in [4.69, 9.17) is 11.1 Å². The van der Waals surface area contributed by atoms with Crippen molar-refractivity contribution in [2.75, 3.05) is 7.05 Å². The summed E-state index contributed by atoms with van der Waals surface area (Å²) in [7, 11) is 2.07. The Balaban J connectivity index is 0.000000292. The van der Waals surface area contributed by atoms with E-state index < -0.39 is 0 Å². The molecule has 1 aliphatic rings. The van der Waals surface area contributed by atoms with E-state index in [0.29, 0.717) is 6.04 Å². The highest BCUT2D eigenvalue weighted by Crippen LogP contribution is 2.02. The van der Waals surface area contributed by atoms with Crippen molar-refractivity contribution in [1.82, 2.24) is 9.81 Å². The molecule has 0 spiro atoms. The van der Waals surface area contributed by atoms with E-state index in [-0.39, 0.29) is 0 Å². The molecule has 1 rings (SSSR count). The van der Waals surface area contributed by atoms with Crippen LogP contribution in [0.15, 0.2) is 24.4 Å². The molecule has 0 saturated carbocycles. The molecule has 0 amide bonds. The minimum atomic E-state index is 0.569. The molecule has 0 aromatic carbocycles. The van der Waals surface area contributed by atoms with Crippen molar-refractivity contribution in [2.24, 2.45) is 0 Å². The predicted octanol–water partition coefficient (Wildman–Crippen LogP) is 1.51. The van der Waals surface area contributed by atoms with Gasteiger partial charge in [-0.25, -0.2) is 0 Å². The fraction of sp³-hybridized carbons (Fsp3) is 0.429. The number of rotatable bonds is 0. The summed E-state index contributed by atoms with van der Waals surface area (Å²) in [6.45, 7) is 2.17. The highest BCUT2D eigenvalue weighted by molar-refractivity contribution is 5.11. The van der Waals surface area contributed by atoms with E-state index in [1.165, 1.54) is 0 Å². The zero-order valence-corrected chi connectivity index (χ0v) is 6.78. The van der Waals surface area contributed by atoms with Crippen LogP contribution in [0.4, 0.5) is 0 Å². The van der Waals surface area contributed by atoms with Gasteiger partial charge >= 0.3 is 0 Å². The zero-order chi connectivity index (χ0) is 8.69. The first-order valence-electron chi connectivity index (χ1n) is 3.32. The Morgan fingerprint density at radius 2 is 1.91 bits per heavy atom. The van der Waals surface area contributed by atoms with E-state index in [1.807, 2.05) is 11.0 Å². The summed E-state index contributed by atoms with van der Waals surface area (Å²) in [5.74, 6) is 0. The number of hydrogen-bond donors (Lipinski definition) is 2. The molecule has 2 N–H and O–H groups in total. The standard InChI is InChI=1S/C7H11N.H2N3/c1-7-5-3-4-6-8(7)2;1-3-2/h3-7H,1-2H3;1-2H/q;+1. The quantitative estimate of drug-likeness (QED) is 0.402. The van der Waals surface area contributed by atoms with Crippen LogP contribution in [0.25, 0.3) is 0 Å². The third kappa shape index (κ3) is 4.06. The Kier molecular flexibility index (Phi) is 4.69. The monoisotopic (exact) mass is 153 g/mol. The number of hydrogen-bond acceptors (Lipinski definition) is 3. The maximum absolute atomic E-state index is 5.50. The summed E-state index contributed by atoms with van der Waals surface area (Å²) in [5.41, 5.74) is 11.0. The van der Waals surface area contributed by atoms with Crippen LogP contribution in [0.3, 0.4) is 0 Å². The van der Waals surface area contributed by atoms with Crippen LogP contribution >= 0.6 is 0 Å². The van der Waals surface area contributed by atoms with Crippen molar-refractivity contribution in [2.45, 2.75) is 13.0 Å². The van der Waals surface area contributed by atoms with Gasteiger partial charge in [0.1, 0.15) is 11.1 Å². The largest absolute Gasteiger partial charge is 0.374 e.